The second kappa shape index (κ2) is 6.27. The highest BCUT2D eigenvalue weighted by molar-refractivity contribution is 5.46. The third kappa shape index (κ3) is 3.31. The van der Waals surface area contributed by atoms with E-state index in [2.05, 4.69) is 39.9 Å². The van der Waals surface area contributed by atoms with Crippen LogP contribution in [-0.2, 0) is 19.4 Å². The number of aryl methyl sites for hydroxylation is 2. The summed E-state index contributed by atoms with van der Waals surface area (Å²) in [6, 6.07) is 18.5. The summed E-state index contributed by atoms with van der Waals surface area (Å²) in [5.41, 5.74) is 9.33. The van der Waals surface area contributed by atoms with Gasteiger partial charge in [-0.15, -0.1) is 0 Å². The van der Waals surface area contributed by atoms with Crippen LogP contribution in [0.2, 0.25) is 0 Å². The van der Waals surface area contributed by atoms with Crippen LogP contribution in [0, 0.1) is 0 Å². The summed E-state index contributed by atoms with van der Waals surface area (Å²) < 4.78 is 2.18. The molecule has 0 aliphatic rings. The molecule has 0 atom stereocenters. The number of nitrogen functional groups attached to an aromatic ring is 1. The average Bonchev–Trinajstić information content (AvgIpc) is 2.96. The molecule has 0 spiro atoms. The van der Waals surface area contributed by atoms with Gasteiger partial charge in [0.05, 0.1) is 6.54 Å². The predicted molar refractivity (Wildman–Crippen MR) is 86.0 cm³/mol. The largest absolute Gasteiger partial charge is 0.398 e. The molecular weight excluding hydrogens is 258 g/mol. The summed E-state index contributed by atoms with van der Waals surface area (Å²) in [7, 11) is 0. The molecule has 0 amide bonds. The Bertz CT molecular complexity index is 701. The smallest absolute Gasteiger partial charge is 0.109 e. The minimum Gasteiger partial charge on any atom is -0.398 e. The fourth-order valence-electron chi connectivity index (χ4n) is 2.47. The Morgan fingerprint density at radius 1 is 0.905 bits per heavy atom. The van der Waals surface area contributed by atoms with Crippen molar-refractivity contribution in [2.75, 3.05) is 5.73 Å². The molecule has 21 heavy (non-hydrogen) atoms. The number of hydrogen-bond acceptors (Lipinski definition) is 2. The number of nitrogens with zero attached hydrogens (tertiary/aromatic N) is 2. The molecule has 2 N–H and O–H groups in total. The van der Waals surface area contributed by atoms with Gasteiger partial charge >= 0.3 is 0 Å². The Balaban J connectivity index is 1.71. The maximum Gasteiger partial charge on any atom is 0.109 e. The van der Waals surface area contributed by atoms with Crippen molar-refractivity contribution in [2.45, 2.75) is 19.4 Å². The third-order valence-electron chi connectivity index (χ3n) is 3.68. The molecular formula is C18H19N3. The second-order valence-electron chi connectivity index (χ2n) is 5.16. The van der Waals surface area contributed by atoms with E-state index in [9.17, 15) is 0 Å². The van der Waals surface area contributed by atoms with E-state index in [-0.39, 0.29) is 0 Å². The molecule has 1 heterocycles. The highest BCUT2D eigenvalue weighted by atomic mass is 15.1. The van der Waals surface area contributed by atoms with Crippen LogP contribution in [0.15, 0.2) is 67.0 Å². The van der Waals surface area contributed by atoms with Gasteiger partial charge in [0.1, 0.15) is 5.82 Å². The molecule has 106 valence electrons. The van der Waals surface area contributed by atoms with Crippen molar-refractivity contribution in [1.29, 1.82) is 0 Å². The lowest BCUT2D eigenvalue weighted by molar-refractivity contribution is 0.713. The number of hydrogen-bond donors (Lipinski definition) is 1. The molecule has 3 heteroatoms. The van der Waals surface area contributed by atoms with Gasteiger partial charge in [-0.2, -0.15) is 0 Å². The van der Waals surface area contributed by atoms with Gasteiger partial charge in [-0.05, 0) is 23.6 Å². The SMILES string of the molecule is Nc1ccccc1Cn1ccnc1CCc1ccccc1. The zero-order valence-electron chi connectivity index (χ0n) is 11.9. The van der Waals surface area contributed by atoms with Gasteiger partial charge in [-0.1, -0.05) is 48.5 Å². The maximum absolute atomic E-state index is 6.02. The molecule has 1 aromatic heterocycles. The Morgan fingerprint density at radius 3 is 2.48 bits per heavy atom. The van der Waals surface area contributed by atoms with Crippen molar-refractivity contribution < 1.29 is 0 Å². The van der Waals surface area contributed by atoms with E-state index in [0.29, 0.717) is 0 Å². The number of benzene rings is 2. The Labute approximate surface area is 125 Å². The van der Waals surface area contributed by atoms with Crippen LogP contribution in [-0.4, -0.2) is 9.55 Å². The van der Waals surface area contributed by atoms with Gasteiger partial charge in [0, 0.05) is 24.5 Å². The normalized spacial score (nSPS) is 10.7. The standard InChI is InChI=1S/C18H19N3/c19-17-9-5-4-8-16(17)14-21-13-12-20-18(21)11-10-15-6-2-1-3-7-15/h1-9,12-13H,10-11,14,19H2. The minimum absolute atomic E-state index is 0.775. The van der Waals surface area contributed by atoms with Crippen LogP contribution in [0.5, 0.6) is 0 Å². The highest BCUT2D eigenvalue weighted by Gasteiger charge is 2.05. The summed E-state index contributed by atoms with van der Waals surface area (Å²) in [5, 5.41) is 0. The molecule has 0 fully saturated rings. The van der Waals surface area contributed by atoms with E-state index in [0.717, 1.165) is 36.5 Å². The number of imidazole rings is 1. The number of para-hydroxylation sites is 1. The summed E-state index contributed by atoms with van der Waals surface area (Å²) in [5.74, 6) is 1.10. The predicted octanol–water partition coefficient (Wildman–Crippen LogP) is 3.30. The van der Waals surface area contributed by atoms with E-state index in [1.807, 2.05) is 36.7 Å². The van der Waals surface area contributed by atoms with Crippen LogP contribution in [0.4, 0.5) is 5.69 Å². The molecule has 2 aromatic carbocycles. The molecule has 0 saturated carbocycles. The van der Waals surface area contributed by atoms with Gasteiger partial charge in [0.15, 0.2) is 0 Å². The monoisotopic (exact) mass is 277 g/mol. The summed E-state index contributed by atoms with van der Waals surface area (Å²) in [6.45, 7) is 0.775. The van der Waals surface area contributed by atoms with Crippen LogP contribution >= 0.6 is 0 Å². The van der Waals surface area contributed by atoms with Crippen molar-refractivity contribution in [2.24, 2.45) is 0 Å². The number of rotatable bonds is 5. The van der Waals surface area contributed by atoms with Crippen molar-refractivity contribution in [3.05, 3.63) is 83.9 Å². The van der Waals surface area contributed by atoms with E-state index in [1.54, 1.807) is 0 Å². The first kappa shape index (κ1) is 13.4. The minimum atomic E-state index is 0.775. The molecule has 0 saturated heterocycles. The number of nitrogens with two attached hydrogens (primary N) is 1. The van der Waals surface area contributed by atoms with Crippen molar-refractivity contribution in [3.8, 4) is 0 Å². The molecule has 0 bridgehead atoms. The van der Waals surface area contributed by atoms with E-state index >= 15 is 0 Å². The summed E-state index contributed by atoms with van der Waals surface area (Å²) in [6.07, 6.45) is 5.82. The van der Waals surface area contributed by atoms with Gasteiger partial charge in [0.2, 0.25) is 0 Å². The summed E-state index contributed by atoms with van der Waals surface area (Å²) in [4.78, 5) is 4.48. The highest BCUT2D eigenvalue weighted by Crippen LogP contribution is 2.14. The van der Waals surface area contributed by atoms with Gasteiger partial charge < -0.3 is 10.3 Å². The lowest BCUT2D eigenvalue weighted by Crippen LogP contribution is -2.07. The van der Waals surface area contributed by atoms with Crippen LogP contribution < -0.4 is 5.73 Å². The zero-order chi connectivity index (χ0) is 14.5. The quantitative estimate of drug-likeness (QED) is 0.727. The van der Waals surface area contributed by atoms with Crippen LogP contribution in [0.1, 0.15) is 17.0 Å². The second-order valence-corrected chi connectivity index (χ2v) is 5.16. The molecule has 0 unspecified atom stereocenters. The summed E-state index contributed by atoms with van der Waals surface area (Å²) >= 11 is 0. The molecule has 3 aromatic rings. The average molecular weight is 277 g/mol. The van der Waals surface area contributed by atoms with E-state index in [1.165, 1.54) is 5.56 Å². The number of aromatic nitrogens is 2. The first-order chi connectivity index (χ1) is 10.3. The Hall–Kier alpha value is -2.55. The third-order valence-corrected chi connectivity index (χ3v) is 3.68. The molecule has 0 aliphatic heterocycles. The Morgan fingerprint density at radius 2 is 1.67 bits per heavy atom. The molecule has 0 radical (unpaired) electrons. The maximum atomic E-state index is 6.02. The van der Waals surface area contributed by atoms with Gasteiger partial charge in [-0.25, -0.2) is 4.98 Å². The van der Waals surface area contributed by atoms with Crippen molar-refractivity contribution in [1.82, 2.24) is 9.55 Å². The van der Waals surface area contributed by atoms with Crippen LogP contribution in [0.3, 0.4) is 0 Å². The molecule has 3 rings (SSSR count). The lowest BCUT2D eigenvalue weighted by atomic mass is 10.1. The zero-order valence-corrected chi connectivity index (χ0v) is 11.9. The van der Waals surface area contributed by atoms with Crippen LogP contribution in [0.25, 0.3) is 0 Å². The topological polar surface area (TPSA) is 43.8 Å². The first-order valence-electron chi connectivity index (χ1n) is 7.20. The van der Waals surface area contributed by atoms with Gasteiger partial charge in [0.25, 0.3) is 0 Å². The van der Waals surface area contributed by atoms with E-state index in [4.69, 9.17) is 5.73 Å². The molecule has 0 aliphatic carbocycles. The number of anilines is 1. The van der Waals surface area contributed by atoms with Crippen molar-refractivity contribution >= 4 is 5.69 Å². The molecule has 3 nitrogen and oxygen atoms in total. The van der Waals surface area contributed by atoms with Gasteiger partial charge in [-0.3, -0.25) is 0 Å². The first-order valence-corrected chi connectivity index (χ1v) is 7.20. The lowest BCUT2D eigenvalue weighted by Gasteiger charge is -2.10. The Kier molecular flexibility index (Phi) is 4.01. The van der Waals surface area contributed by atoms with E-state index < -0.39 is 0 Å². The fraction of sp³-hybridized carbons (Fsp3) is 0.167. The van der Waals surface area contributed by atoms with Crippen molar-refractivity contribution in [3.63, 3.8) is 0 Å². The fourth-order valence-corrected chi connectivity index (χ4v) is 2.47.